The summed E-state index contributed by atoms with van der Waals surface area (Å²) in [6.07, 6.45) is 0. The summed E-state index contributed by atoms with van der Waals surface area (Å²) >= 11 is 0. The maximum atomic E-state index is 5.22. The van der Waals surface area contributed by atoms with Gasteiger partial charge in [-0.05, 0) is 73.5 Å². The lowest BCUT2D eigenvalue weighted by molar-refractivity contribution is 1.07. The van der Waals surface area contributed by atoms with E-state index in [1.165, 1.54) is 59.7 Å². The third kappa shape index (κ3) is 5.96. The molecule has 0 bridgehead atoms. The first-order valence-corrected chi connectivity index (χ1v) is 20.7. The van der Waals surface area contributed by atoms with E-state index in [2.05, 4.69) is 205 Å². The first kappa shape index (κ1) is 34.8. The van der Waals surface area contributed by atoms with Gasteiger partial charge in [0.1, 0.15) is 0 Å². The minimum atomic E-state index is 0.623. The zero-order chi connectivity index (χ0) is 40.3. The fourth-order valence-corrected chi connectivity index (χ4v) is 9.08. The van der Waals surface area contributed by atoms with E-state index in [4.69, 9.17) is 15.0 Å². The van der Waals surface area contributed by atoms with Crippen LogP contribution in [0.2, 0.25) is 0 Å². The molecule has 0 saturated heterocycles. The molecule has 2 aromatic heterocycles. The van der Waals surface area contributed by atoms with Crippen molar-refractivity contribution in [2.45, 2.75) is 0 Å². The number of rotatable bonds is 6. The number of aromatic nitrogens is 4. The van der Waals surface area contributed by atoms with Crippen LogP contribution in [-0.4, -0.2) is 19.5 Å². The number of hydrogen-bond acceptors (Lipinski definition) is 3. The molecular weight excluding hydrogens is 741 g/mol. The molecule has 4 nitrogen and oxygen atoms in total. The molecule has 0 spiro atoms. The van der Waals surface area contributed by atoms with Crippen molar-refractivity contribution < 1.29 is 0 Å². The van der Waals surface area contributed by atoms with Crippen LogP contribution >= 0.6 is 0 Å². The van der Waals surface area contributed by atoms with E-state index in [9.17, 15) is 0 Å². The Morgan fingerprint density at radius 3 is 1.66 bits per heavy atom. The first-order chi connectivity index (χ1) is 30.2. The van der Waals surface area contributed by atoms with Crippen LogP contribution in [0.1, 0.15) is 0 Å². The van der Waals surface area contributed by atoms with Crippen molar-refractivity contribution in [3.05, 3.63) is 218 Å². The Balaban J connectivity index is 1.01. The van der Waals surface area contributed by atoms with Gasteiger partial charge in [0.05, 0.1) is 11.0 Å². The van der Waals surface area contributed by atoms with E-state index in [-0.39, 0.29) is 0 Å². The summed E-state index contributed by atoms with van der Waals surface area (Å²) in [7, 11) is 0. The Labute approximate surface area is 352 Å². The average molecular weight is 777 g/mol. The van der Waals surface area contributed by atoms with Crippen LogP contribution in [0, 0.1) is 0 Å². The quantitative estimate of drug-likeness (QED) is 0.169. The Morgan fingerprint density at radius 1 is 0.295 bits per heavy atom. The number of hydrogen-bond donors (Lipinski definition) is 0. The lowest BCUT2D eigenvalue weighted by Gasteiger charge is -2.14. The molecule has 0 saturated carbocycles. The molecule has 10 aromatic carbocycles. The number of fused-ring (bicyclic) bond motifs is 8. The van der Waals surface area contributed by atoms with Crippen molar-refractivity contribution in [3.8, 4) is 62.1 Å². The van der Waals surface area contributed by atoms with Crippen molar-refractivity contribution in [2.24, 2.45) is 0 Å². The van der Waals surface area contributed by atoms with Crippen LogP contribution in [-0.2, 0) is 0 Å². The summed E-state index contributed by atoms with van der Waals surface area (Å²) in [5.74, 6) is 1.88. The molecule has 0 atom stereocenters. The summed E-state index contributed by atoms with van der Waals surface area (Å²) in [6.45, 7) is 0. The maximum Gasteiger partial charge on any atom is 0.164 e. The van der Waals surface area contributed by atoms with E-state index in [0.29, 0.717) is 17.5 Å². The molecule has 12 aromatic rings. The summed E-state index contributed by atoms with van der Waals surface area (Å²) in [5, 5.41) is 9.89. The molecule has 4 heteroatoms. The molecular formula is C57H36N4. The smallest absolute Gasteiger partial charge is 0.164 e. The SMILES string of the molecule is c1ccc(-c2nc(-c3ccc(-c4ccc5ccccc5c4)cc3)nc(-c3ccccc3-c3cccc(-n4c5ccc6ccccc6c5c5ccc6ccccc6c54)c3)n2)cc1. The highest BCUT2D eigenvalue weighted by atomic mass is 15.0. The van der Waals surface area contributed by atoms with Gasteiger partial charge in [0.25, 0.3) is 0 Å². The Morgan fingerprint density at radius 2 is 0.852 bits per heavy atom. The predicted molar refractivity (Wildman–Crippen MR) is 254 cm³/mol. The molecule has 0 aliphatic carbocycles. The van der Waals surface area contributed by atoms with Crippen LogP contribution in [0.4, 0.5) is 0 Å². The highest BCUT2D eigenvalue weighted by Crippen LogP contribution is 2.41. The zero-order valence-electron chi connectivity index (χ0n) is 33.1. The van der Waals surface area contributed by atoms with Crippen LogP contribution in [0.15, 0.2) is 218 Å². The van der Waals surface area contributed by atoms with Crippen molar-refractivity contribution in [1.29, 1.82) is 0 Å². The van der Waals surface area contributed by atoms with Gasteiger partial charge in [-0.15, -0.1) is 0 Å². The number of nitrogens with zero attached hydrogens (tertiary/aromatic N) is 4. The zero-order valence-corrected chi connectivity index (χ0v) is 33.1. The third-order valence-electron chi connectivity index (χ3n) is 12.0. The molecule has 0 unspecified atom stereocenters. The molecule has 61 heavy (non-hydrogen) atoms. The van der Waals surface area contributed by atoms with Gasteiger partial charge in [-0.25, -0.2) is 15.0 Å². The van der Waals surface area contributed by atoms with Gasteiger partial charge in [0, 0.05) is 38.5 Å². The van der Waals surface area contributed by atoms with Crippen molar-refractivity contribution in [3.63, 3.8) is 0 Å². The van der Waals surface area contributed by atoms with Gasteiger partial charge in [-0.3, -0.25) is 0 Å². The third-order valence-corrected chi connectivity index (χ3v) is 12.0. The number of benzene rings is 10. The van der Waals surface area contributed by atoms with Crippen molar-refractivity contribution in [2.75, 3.05) is 0 Å². The molecule has 12 rings (SSSR count). The monoisotopic (exact) mass is 776 g/mol. The van der Waals surface area contributed by atoms with Gasteiger partial charge in [-0.1, -0.05) is 194 Å². The van der Waals surface area contributed by atoms with Crippen molar-refractivity contribution >= 4 is 54.1 Å². The fourth-order valence-electron chi connectivity index (χ4n) is 9.08. The second-order valence-electron chi connectivity index (χ2n) is 15.6. The Kier molecular flexibility index (Phi) is 8.13. The Bertz CT molecular complexity index is 3640. The minimum Gasteiger partial charge on any atom is -0.309 e. The van der Waals surface area contributed by atoms with Gasteiger partial charge in [-0.2, -0.15) is 0 Å². The van der Waals surface area contributed by atoms with Gasteiger partial charge >= 0.3 is 0 Å². The second-order valence-corrected chi connectivity index (χ2v) is 15.6. The molecule has 284 valence electrons. The minimum absolute atomic E-state index is 0.623. The van der Waals surface area contributed by atoms with E-state index >= 15 is 0 Å². The maximum absolute atomic E-state index is 5.22. The molecule has 0 radical (unpaired) electrons. The summed E-state index contributed by atoms with van der Waals surface area (Å²) in [6, 6.07) is 77.6. The molecule has 0 amide bonds. The van der Waals surface area contributed by atoms with Gasteiger partial charge < -0.3 is 4.57 Å². The van der Waals surface area contributed by atoms with Crippen LogP contribution in [0.3, 0.4) is 0 Å². The topological polar surface area (TPSA) is 43.6 Å². The van der Waals surface area contributed by atoms with E-state index in [1.54, 1.807) is 0 Å². The van der Waals surface area contributed by atoms with E-state index < -0.39 is 0 Å². The standard InChI is InChI=1S/C57H36N4/c1-2-16-41(17-3-1)55-58-56(42-28-25-38(26-29-42)44-30-27-37-13-4-5-18-43(37)35-44)60-57(59-55)50-24-11-10-21-47(50)45-19-12-20-46(36-45)61-52-34-32-39-14-6-8-22-48(39)53(52)51-33-31-40-15-7-9-23-49(40)54(51)61/h1-36H. The van der Waals surface area contributed by atoms with Crippen molar-refractivity contribution in [1.82, 2.24) is 19.5 Å². The Hall–Kier alpha value is -8.21. The second kappa shape index (κ2) is 14.3. The van der Waals surface area contributed by atoms with Gasteiger partial charge in [0.2, 0.25) is 0 Å². The molecule has 0 aliphatic rings. The molecule has 0 N–H and O–H groups in total. The largest absolute Gasteiger partial charge is 0.309 e. The highest BCUT2D eigenvalue weighted by Gasteiger charge is 2.20. The van der Waals surface area contributed by atoms with Crippen LogP contribution < -0.4 is 0 Å². The van der Waals surface area contributed by atoms with Crippen LogP contribution in [0.25, 0.3) is 116 Å². The lowest BCUT2D eigenvalue weighted by atomic mass is 9.98. The van der Waals surface area contributed by atoms with Gasteiger partial charge in [0.15, 0.2) is 17.5 Å². The predicted octanol–water partition coefficient (Wildman–Crippen LogP) is 14.8. The molecule has 2 heterocycles. The lowest BCUT2D eigenvalue weighted by Crippen LogP contribution is -2.01. The average Bonchev–Trinajstić information content (AvgIpc) is 3.70. The van der Waals surface area contributed by atoms with E-state index in [0.717, 1.165) is 39.1 Å². The summed E-state index contributed by atoms with van der Waals surface area (Å²) < 4.78 is 2.45. The highest BCUT2D eigenvalue weighted by molar-refractivity contribution is 6.26. The first-order valence-electron chi connectivity index (χ1n) is 20.7. The fraction of sp³-hybridized carbons (Fsp3) is 0. The summed E-state index contributed by atoms with van der Waals surface area (Å²) in [5.41, 5.74) is 10.7. The van der Waals surface area contributed by atoms with E-state index in [1.807, 2.05) is 18.2 Å². The summed E-state index contributed by atoms with van der Waals surface area (Å²) in [4.78, 5) is 15.5. The van der Waals surface area contributed by atoms with Crippen LogP contribution in [0.5, 0.6) is 0 Å². The normalized spacial score (nSPS) is 11.6. The molecule has 0 fully saturated rings. The molecule has 0 aliphatic heterocycles.